The highest BCUT2D eigenvalue weighted by molar-refractivity contribution is 6.33. The van der Waals surface area contributed by atoms with E-state index < -0.39 is 9.85 Å². The van der Waals surface area contributed by atoms with Crippen molar-refractivity contribution in [3.8, 4) is 0 Å². The van der Waals surface area contributed by atoms with Gasteiger partial charge in [-0.2, -0.15) is 0 Å². The summed E-state index contributed by atoms with van der Waals surface area (Å²) < 4.78 is 0. The van der Waals surface area contributed by atoms with E-state index in [0.29, 0.717) is 32.7 Å². The summed E-state index contributed by atoms with van der Waals surface area (Å²) in [5, 5.41) is 24.5. The smallest absolute Gasteiger partial charge is 0.269 e. The monoisotopic (exact) mass is 572 g/mol. The Bertz CT molecular complexity index is 1260. The number of nitrogens with one attached hydrogen (secondary N) is 1. The molecule has 16 heteroatoms. The molecule has 3 N–H and O–H groups in total. The fraction of sp³-hybridized carbons (Fsp3) is 0. The highest BCUT2D eigenvalue weighted by Gasteiger charge is 2.04. The molecule has 0 amide bonds. The van der Waals surface area contributed by atoms with Crippen LogP contribution in [-0.4, -0.2) is 29.8 Å². The number of non-ortho nitro benzene ring substituents is 2. The fourth-order valence-corrected chi connectivity index (χ4v) is 2.62. The van der Waals surface area contributed by atoms with Crippen LogP contribution in [0.15, 0.2) is 73.3 Å². The normalized spacial score (nSPS) is 9.31. The second kappa shape index (κ2) is 15.2. The summed E-state index contributed by atoms with van der Waals surface area (Å²) in [5.41, 5.74) is 6.62. The van der Waals surface area contributed by atoms with Gasteiger partial charge in [0.05, 0.1) is 9.85 Å². The first-order valence-electron chi connectivity index (χ1n) is 9.26. The van der Waals surface area contributed by atoms with Crippen LogP contribution in [0.25, 0.3) is 0 Å². The van der Waals surface area contributed by atoms with Crippen LogP contribution in [-0.2, 0) is 0 Å². The van der Waals surface area contributed by atoms with Crippen LogP contribution < -0.4 is 11.1 Å². The fourth-order valence-electron chi connectivity index (χ4n) is 2.12. The Morgan fingerprint density at radius 1 is 0.694 bits per heavy atom. The summed E-state index contributed by atoms with van der Waals surface area (Å²) in [7, 11) is 0. The van der Waals surface area contributed by atoms with Gasteiger partial charge >= 0.3 is 0 Å². The summed E-state index contributed by atoms with van der Waals surface area (Å²) in [6.07, 6.45) is 2.64. The molecule has 2 aromatic carbocycles. The topological polar surface area (TPSA) is 176 Å². The first-order valence-corrected chi connectivity index (χ1v) is 10.4. The molecule has 0 aliphatic rings. The minimum Gasteiger partial charge on any atom is -0.399 e. The molecular formula is C20H16Cl4N8O4. The first-order chi connectivity index (χ1) is 16.6. The Morgan fingerprint density at radius 3 is 1.50 bits per heavy atom. The molecule has 0 radical (unpaired) electrons. The molecule has 0 aliphatic heterocycles. The molecule has 36 heavy (non-hydrogen) atoms. The molecule has 12 nitrogen and oxygen atoms in total. The number of anilines is 3. The molecule has 188 valence electrons. The van der Waals surface area contributed by atoms with E-state index in [4.69, 9.17) is 40.5 Å². The van der Waals surface area contributed by atoms with E-state index >= 15 is 0 Å². The Labute approximate surface area is 225 Å². The number of nitrogen functional groups attached to an aromatic ring is 1. The van der Waals surface area contributed by atoms with Crippen molar-refractivity contribution < 1.29 is 9.85 Å². The molecule has 0 saturated heterocycles. The van der Waals surface area contributed by atoms with Gasteiger partial charge in [-0.1, -0.05) is 34.8 Å². The third kappa shape index (κ3) is 11.1. The molecular weight excluding hydrogens is 558 g/mol. The number of hydrogen-bond acceptors (Lipinski definition) is 10. The first kappa shape index (κ1) is 30.2. The molecule has 4 rings (SSSR count). The number of rotatable bonds is 4. The van der Waals surface area contributed by atoms with Crippen molar-refractivity contribution in [3.63, 3.8) is 0 Å². The van der Waals surface area contributed by atoms with E-state index in [9.17, 15) is 20.2 Å². The van der Waals surface area contributed by atoms with Crippen LogP contribution in [0.4, 0.5) is 28.6 Å². The van der Waals surface area contributed by atoms with Crippen molar-refractivity contribution in [1.82, 2.24) is 19.9 Å². The third-order valence-corrected chi connectivity index (χ3v) is 4.31. The third-order valence-electron chi connectivity index (χ3n) is 3.69. The predicted molar refractivity (Wildman–Crippen MR) is 140 cm³/mol. The lowest BCUT2D eigenvalue weighted by Gasteiger charge is -2.04. The lowest BCUT2D eigenvalue weighted by atomic mass is 10.3. The van der Waals surface area contributed by atoms with Crippen molar-refractivity contribution >= 4 is 75.8 Å². The van der Waals surface area contributed by atoms with Crippen LogP contribution in [0, 0.1) is 20.2 Å². The van der Waals surface area contributed by atoms with Crippen LogP contribution in [0.2, 0.25) is 15.5 Å². The van der Waals surface area contributed by atoms with E-state index in [1.54, 1.807) is 18.2 Å². The number of nitrogens with two attached hydrogens (primary N) is 1. The van der Waals surface area contributed by atoms with Gasteiger partial charge in [0.25, 0.3) is 11.4 Å². The van der Waals surface area contributed by atoms with Gasteiger partial charge in [-0.15, -0.1) is 12.4 Å². The summed E-state index contributed by atoms with van der Waals surface area (Å²) in [5.74, 6) is 0.527. The van der Waals surface area contributed by atoms with Crippen LogP contribution in [0.5, 0.6) is 0 Å². The van der Waals surface area contributed by atoms with E-state index in [2.05, 4.69) is 25.3 Å². The number of benzene rings is 2. The molecule has 0 aliphatic carbocycles. The highest BCUT2D eigenvalue weighted by atomic mass is 35.5. The van der Waals surface area contributed by atoms with Crippen molar-refractivity contribution in [1.29, 1.82) is 0 Å². The predicted octanol–water partition coefficient (Wildman–Crippen LogP) is 6.16. The van der Waals surface area contributed by atoms with Gasteiger partial charge in [0.2, 0.25) is 0 Å². The van der Waals surface area contributed by atoms with Crippen molar-refractivity contribution in [2.75, 3.05) is 11.1 Å². The Hall–Kier alpha value is -3.84. The van der Waals surface area contributed by atoms with Gasteiger partial charge < -0.3 is 11.1 Å². The van der Waals surface area contributed by atoms with Crippen LogP contribution in [0.3, 0.4) is 0 Å². The van der Waals surface area contributed by atoms with Gasteiger partial charge in [0, 0.05) is 47.8 Å². The van der Waals surface area contributed by atoms with Gasteiger partial charge in [-0.3, -0.25) is 20.2 Å². The zero-order valence-corrected chi connectivity index (χ0v) is 20.9. The maximum atomic E-state index is 10.5. The number of nitro benzene ring substituents is 2. The number of hydrogen-bond donors (Lipinski definition) is 2. The zero-order valence-electron chi connectivity index (χ0n) is 17.9. The minimum atomic E-state index is -0.459. The number of nitro groups is 2. The molecule has 0 fully saturated rings. The molecule has 0 spiro atoms. The molecule has 2 aromatic heterocycles. The van der Waals surface area contributed by atoms with Crippen LogP contribution in [0.1, 0.15) is 0 Å². The second-order valence-electron chi connectivity index (χ2n) is 6.17. The van der Waals surface area contributed by atoms with Gasteiger partial charge in [-0.05, 0) is 24.3 Å². The average molecular weight is 574 g/mol. The van der Waals surface area contributed by atoms with Gasteiger partial charge in [-0.25, -0.2) is 19.9 Å². The lowest BCUT2D eigenvalue weighted by Crippen LogP contribution is -1.94. The van der Waals surface area contributed by atoms with Crippen molar-refractivity contribution in [3.05, 3.63) is 109 Å². The Balaban J connectivity index is 0.000000291. The summed E-state index contributed by atoms with van der Waals surface area (Å²) >= 11 is 16.5. The van der Waals surface area contributed by atoms with E-state index in [0.717, 1.165) is 0 Å². The number of aromatic nitrogens is 4. The summed E-state index contributed by atoms with van der Waals surface area (Å²) in [6.45, 7) is 0. The number of halogens is 4. The molecule has 0 saturated carbocycles. The standard InChI is InChI=1S/C10H7ClN4O2.C6H6N2O2.C4H2Cl2N2.ClH/c11-9-5-10(13-6-12-9)14-7-1-3-8(4-2-7)15(16)17;7-5-1-3-6(4-2-5)8(9)10;5-3-1-4(6)8-2-7-3;/h1-6H,(H,12,13,14);1-4H,7H2;1-2H;1H. The SMILES string of the molecule is Cl.Clc1cc(Cl)ncn1.Nc1ccc([N+](=O)[O-])cc1.O=[N+]([O-])c1ccc(Nc2cc(Cl)ncn2)cc1. The summed E-state index contributed by atoms with van der Waals surface area (Å²) in [4.78, 5) is 34.5. The molecule has 0 atom stereocenters. The largest absolute Gasteiger partial charge is 0.399 e. The average Bonchev–Trinajstić information content (AvgIpc) is 2.80. The van der Waals surface area contributed by atoms with E-state index in [1.165, 1.54) is 55.1 Å². The summed E-state index contributed by atoms with van der Waals surface area (Å²) in [6, 6.07) is 14.8. The quantitative estimate of drug-likeness (QED) is 0.124. The number of nitrogens with zero attached hydrogens (tertiary/aromatic N) is 6. The molecule has 2 heterocycles. The van der Waals surface area contributed by atoms with Crippen LogP contribution >= 0.6 is 47.2 Å². The maximum Gasteiger partial charge on any atom is 0.269 e. The molecule has 0 bridgehead atoms. The lowest BCUT2D eigenvalue weighted by molar-refractivity contribution is -0.385. The van der Waals surface area contributed by atoms with E-state index in [-0.39, 0.29) is 23.8 Å². The molecule has 4 aromatic rings. The van der Waals surface area contributed by atoms with Gasteiger partial charge in [0.1, 0.15) is 33.9 Å². The van der Waals surface area contributed by atoms with Gasteiger partial charge in [0.15, 0.2) is 0 Å². The zero-order chi connectivity index (χ0) is 25.8. The van der Waals surface area contributed by atoms with Crippen molar-refractivity contribution in [2.45, 2.75) is 0 Å². The highest BCUT2D eigenvalue weighted by Crippen LogP contribution is 2.19. The van der Waals surface area contributed by atoms with E-state index in [1.807, 2.05) is 0 Å². The molecule has 0 unspecified atom stereocenters. The minimum absolute atomic E-state index is 0. The maximum absolute atomic E-state index is 10.5. The van der Waals surface area contributed by atoms with Crippen molar-refractivity contribution in [2.24, 2.45) is 0 Å². The Morgan fingerprint density at radius 2 is 1.11 bits per heavy atom. The Kier molecular flexibility index (Phi) is 12.8. The second-order valence-corrected chi connectivity index (χ2v) is 7.33.